The first kappa shape index (κ1) is 18.1. The van der Waals surface area contributed by atoms with Crippen molar-refractivity contribution in [2.45, 2.75) is 12.1 Å². The lowest BCUT2D eigenvalue weighted by atomic mass is 10.1. The van der Waals surface area contributed by atoms with Gasteiger partial charge in [0.15, 0.2) is 10.8 Å². The lowest BCUT2D eigenvalue weighted by molar-refractivity contribution is -0.129. The number of thioether (sulfide) groups is 1. The molecule has 0 aliphatic carbocycles. The van der Waals surface area contributed by atoms with Gasteiger partial charge in [0.05, 0.1) is 18.4 Å². The number of pyridine rings is 1. The molecule has 0 saturated carbocycles. The van der Waals surface area contributed by atoms with E-state index < -0.39 is 0 Å². The summed E-state index contributed by atoms with van der Waals surface area (Å²) in [6.07, 6.45) is 0. The molecule has 4 rings (SSSR count). The minimum atomic E-state index is 0.152. The van der Waals surface area contributed by atoms with Crippen LogP contribution in [0.3, 0.4) is 0 Å². The van der Waals surface area contributed by atoms with Crippen LogP contribution in [0, 0.1) is 6.92 Å². The molecule has 0 spiro atoms. The average Bonchev–Trinajstić information content (AvgIpc) is 3.09. The van der Waals surface area contributed by atoms with Crippen molar-refractivity contribution in [2.75, 3.05) is 46.1 Å². The van der Waals surface area contributed by atoms with E-state index in [-0.39, 0.29) is 5.91 Å². The van der Waals surface area contributed by atoms with Gasteiger partial charge >= 0.3 is 0 Å². The SMILES string of the molecule is COc1ccc2c(C)cc3nnc(SCC(=O)N4CCN(C)CC4)n3c2c1. The highest BCUT2D eigenvalue weighted by molar-refractivity contribution is 7.99. The summed E-state index contributed by atoms with van der Waals surface area (Å²) < 4.78 is 7.39. The first-order valence-corrected chi connectivity index (χ1v) is 9.97. The van der Waals surface area contributed by atoms with Crippen molar-refractivity contribution in [3.05, 3.63) is 29.8 Å². The smallest absolute Gasteiger partial charge is 0.233 e. The van der Waals surface area contributed by atoms with Gasteiger partial charge in [0.2, 0.25) is 5.91 Å². The number of ether oxygens (including phenoxy) is 1. The molecule has 8 heteroatoms. The van der Waals surface area contributed by atoms with Crippen LogP contribution in [0.1, 0.15) is 5.56 Å². The van der Waals surface area contributed by atoms with Crippen molar-refractivity contribution in [2.24, 2.45) is 0 Å². The average molecular weight is 385 g/mol. The highest BCUT2D eigenvalue weighted by atomic mass is 32.2. The Labute approximate surface area is 162 Å². The molecule has 1 saturated heterocycles. The second kappa shape index (κ2) is 7.36. The van der Waals surface area contributed by atoms with Gasteiger partial charge < -0.3 is 14.5 Å². The van der Waals surface area contributed by atoms with Crippen LogP contribution in [0.15, 0.2) is 29.4 Å². The van der Waals surface area contributed by atoms with Crippen molar-refractivity contribution in [1.29, 1.82) is 0 Å². The molecule has 7 nitrogen and oxygen atoms in total. The van der Waals surface area contributed by atoms with Crippen LogP contribution in [-0.4, -0.2) is 76.4 Å². The molecule has 0 N–H and O–H groups in total. The van der Waals surface area contributed by atoms with Gasteiger partial charge in [-0.05, 0) is 37.7 Å². The fourth-order valence-corrected chi connectivity index (χ4v) is 4.25. The molecule has 2 aromatic heterocycles. The van der Waals surface area contributed by atoms with Crippen LogP contribution in [0.4, 0.5) is 0 Å². The summed E-state index contributed by atoms with van der Waals surface area (Å²) in [6.45, 7) is 5.49. The van der Waals surface area contributed by atoms with Crippen molar-refractivity contribution < 1.29 is 9.53 Å². The highest BCUT2D eigenvalue weighted by Gasteiger charge is 2.20. The summed E-state index contributed by atoms with van der Waals surface area (Å²) in [5.74, 6) is 1.30. The first-order valence-electron chi connectivity index (χ1n) is 8.98. The molecule has 1 fully saturated rings. The van der Waals surface area contributed by atoms with Crippen LogP contribution >= 0.6 is 11.8 Å². The molecule has 0 atom stereocenters. The van der Waals surface area contributed by atoms with Crippen molar-refractivity contribution in [3.8, 4) is 5.75 Å². The van der Waals surface area contributed by atoms with Gasteiger partial charge in [-0.25, -0.2) is 0 Å². The number of fused-ring (bicyclic) bond motifs is 3. The number of hydrogen-bond donors (Lipinski definition) is 0. The van der Waals surface area contributed by atoms with E-state index in [4.69, 9.17) is 4.74 Å². The molecular formula is C19H23N5O2S. The Hall–Kier alpha value is -2.32. The number of carbonyl (C=O) groups is 1. The molecule has 1 amide bonds. The van der Waals surface area contributed by atoms with E-state index in [0.29, 0.717) is 5.75 Å². The zero-order chi connectivity index (χ0) is 19.0. The second-order valence-corrected chi connectivity index (χ2v) is 7.80. The number of benzene rings is 1. The molecule has 3 heterocycles. The van der Waals surface area contributed by atoms with Gasteiger partial charge in [0, 0.05) is 37.6 Å². The van der Waals surface area contributed by atoms with E-state index in [0.717, 1.165) is 59.2 Å². The standard InChI is InChI=1S/C19H23N5O2S/c1-13-10-17-20-21-19(24(17)16-11-14(26-3)4-5-15(13)16)27-12-18(25)23-8-6-22(2)7-9-23/h4-5,10-11H,6-9,12H2,1-3H3. The number of amides is 1. The van der Waals surface area contributed by atoms with Crippen LogP contribution in [0.5, 0.6) is 5.75 Å². The topological polar surface area (TPSA) is 63.0 Å². The third-order valence-corrected chi connectivity index (χ3v) is 5.97. The van der Waals surface area contributed by atoms with Gasteiger partial charge in [-0.1, -0.05) is 11.8 Å². The number of hydrogen-bond acceptors (Lipinski definition) is 6. The Balaban J connectivity index is 1.62. The van der Waals surface area contributed by atoms with Crippen LogP contribution in [0.25, 0.3) is 16.6 Å². The molecular weight excluding hydrogens is 362 g/mol. The Morgan fingerprint density at radius 1 is 1.19 bits per heavy atom. The zero-order valence-corrected chi connectivity index (χ0v) is 16.6. The Bertz CT molecular complexity index is 995. The van der Waals surface area contributed by atoms with E-state index in [1.807, 2.05) is 33.6 Å². The Morgan fingerprint density at radius 3 is 2.70 bits per heavy atom. The molecule has 142 valence electrons. The molecule has 0 radical (unpaired) electrons. The highest BCUT2D eigenvalue weighted by Crippen LogP contribution is 2.28. The normalized spacial score (nSPS) is 15.6. The summed E-state index contributed by atoms with van der Waals surface area (Å²) >= 11 is 1.44. The minimum absolute atomic E-state index is 0.152. The maximum Gasteiger partial charge on any atom is 0.233 e. The number of carbonyl (C=O) groups excluding carboxylic acids is 1. The molecule has 27 heavy (non-hydrogen) atoms. The quantitative estimate of drug-likeness (QED) is 0.641. The summed E-state index contributed by atoms with van der Waals surface area (Å²) in [4.78, 5) is 16.7. The lowest BCUT2D eigenvalue weighted by Gasteiger charge is -2.32. The van der Waals surface area contributed by atoms with Crippen molar-refractivity contribution in [3.63, 3.8) is 0 Å². The van der Waals surface area contributed by atoms with E-state index in [2.05, 4.69) is 29.1 Å². The van der Waals surface area contributed by atoms with Gasteiger partial charge in [-0.2, -0.15) is 0 Å². The van der Waals surface area contributed by atoms with Gasteiger partial charge in [0.25, 0.3) is 0 Å². The number of aromatic nitrogens is 3. The van der Waals surface area contributed by atoms with E-state index in [9.17, 15) is 4.79 Å². The third-order valence-electron chi connectivity index (χ3n) is 5.06. The largest absolute Gasteiger partial charge is 0.497 e. The fraction of sp³-hybridized carbons (Fsp3) is 0.421. The lowest BCUT2D eigenvalue weighted by Crippen LogP contribution is -2.47. The van der Waals surface area contributed by atoms with E-state index in [1.165, 1.54) is 11.8 Å². The molecule has 0 unspecified atom stereocenters. The second-order valence-electron chi connectivity index (χ2n) is 6.86. The van der Waals surface area contributed by atoms with Gasteiger partial charge in [-0.3, -0.25) is 9.20 Å². The summed E-state index contributed by atoms with van der Waals surface area (Å²) in [5, 5.41) is 10.5. The first-order chi connectivity index (χ1) is 13.1. The molecule has 1 aromatic carbocycles. The predicted octanol–water partition coefficient (Wildman–Crippen LogP) is 2.07. The monoisotopic (exact) mass is 385 g/mol. The summed E-state index contributed by atoms with van der Waals surface area (Å²) in [6, 6.07) is 8.02. The number of nitrogens with zero attached hydrogens (tertiary/aromatic N) is 5. The van der Waals surface area contributed by atoms with E-state index in [1.54, 1.807) is 7.11 Å². The summed E-state index contributed by atoms with van der Waals surface area (Å²) in [7, 11) is 3.74. The van der Waals surface area contributed by atoms with Crippen molar-refractivity contribution in [1.82, 2.24) is 24.4 Å². The van der Waals surface area contributed by atoms with Gasteiger partial charge in [0.1, 0.15) is 5.75 Å². The summed E-state index contributed by atoms with van der Waals surface area (Å²) in [5.41, 5.74) is 2.91. The van der Waals surface area contributed by atoms with Crippen LogP contribution < -0.4 is 4.74 Å². The Kier molecular flexibility index (Phi) is 4.92. The molecule has 1 aliphatic rings. The maximum atomic E-state index is 12.6. The van der Waals surface area contributed by atoms with Crippen molar-refractivity contribution >= 4 is 34.2 Å². The minimum Gasteiger partial charge on any atom is -0.497 e. The maximum absolute atomic E-state index is 12.6. The zero-order valence-electron chi connectivity index (χ0n) is 15.8. The number of methoxy groups -OCH3 is 1. The molecule has 0 bridgehead atoms. The van der Waals surface area contributed by atoms with Crippen LogP contribution in [-0.2, 0) is 4.79 Å². The number of piperazine rings is 1. The fourth-order valence-electron chi connectivity index (χ4n) is 3.40. The number of likely N-dealkylation sites (N-methyl/N-ethyl adjacent to an activating group) is 1. The predicted molar refractivity (Wildman–Crippen MR) is 107 cm³/mol. The molecule has 1 aliphatic heterocycles. The van der Waals surface area contributed by atoms with E-state index >= 15 is 0 Å². The molecule has 3 aromatic rings. The number of aryl methyl sites for hydroxylation is 1. The Morgan fingerprint density at radius 2 is 1.96 bits per heavy atom. The number of rotatable bonds is 4. The van der Waals surface area contributed by atoms with Crippen LogP contribution in [0.2, 0.25) is 0 Å². The third kappa shape index (κ3) is 3.46. The van der Waals surface area contributed by atoms with Gasteiger partial charge in [-0.15, -0.1) is 10.2 Å².